The molecular formula is C49H30N2S. The molecule has 8 aromatic carbocycles. The molecule has 0 saturated carbocycles. The lowest BCUT2D eigenvalue weighted by atomic mass is 9.66. The molecule has 11 rings (SSSR count). The lowest BCUT2D eigenvalue weighted by molar-refractivity contribution is 0.729. The molecule has 9 aromatic rings. The van der Waals surface area contributed by atoms with Crippen molar-refractivity contribution in [1.29, 1.82) is 0 Å². The Bertz CT molecular complexity index is 2740. The van der Waals surface area contributed by atoms with Crippen LogP contribution in [0, 0.1) is 0 Å². The van der Waals surface area contributed by atoms with Gasteiger partial charge in [-0.25, -0.2) is 9.97 Å². The third-order valence-electron chi connectivity index (χ3n) is 10.9. The molecule has 0 unspecified atom stereocenters. The minimum atomic E-state index is -0.536. The second kappa shape index (κ2) is 11.4. The maximum atomic E-state index is 5.34. The zero-order valence-corrected chi connectivity index (χ0v) is 28.9. The second-order valence-electron chi connectivity index (χ2n) is 13.6. The minimum Gasteiger partial charge on any atom is -0.228 e. The largest absolute Gasteiger partial charge is 0.228 e. The smallest absolute Gasteiger partial charge is 0.161 e. The van der Waals surface area contributed by atoms with Crippen LogP contribution in [-0.4, -0.2) is 9.97 Å². The monoisotopic (exact) mass is 678 g/mol. The van der Waals surface area contributed by atoms with E-state index in [0.717, 1.165) is 33.9 Å². The van der Waals surface area contributed by atoms with Gasteiger partial charge in [0.05, 0.1) is 16.8 Å². The van der Waals surface area contributed by atoms with Crippen molar-refractivity contribution in [1.82, 2.24) is 9.97 Å². The van der Waals surface area contributed by atoms with Crippen LogP contribution in [0.5, 0.6) is 0 Å². The average molecular weight is 679 g/mol. The van der Waals surface area contributed by atoms with E-state index in [1.54, 1.807) is 0 Å². The van der Waals surface area contributed by atoms with E-state index < -0.39 is 5.41 Å². The highest BCUT2D eigenvalue weighted by atomic mass is 32.2. The van der Waals surface area contributed by atoms with Crippen LogP contribution in [0.2, 0.25) is 0 Å². The molecule has 242 valence electrons. The summed E-state index contributed by atoms with van der Waals surface area (Å²) in [5.41, 5.74) is 12.1. The first kappa shape index (κ1) is 29.4. The highest BCUT2D eigenvalue weighted by Gasteiger charge is 2.51. The fraction of sp³-hybridized carbons (Fsp3) is 0.0204. The fourth-order valence-corrected chi connectivity index (χ4v) is 10.2. The average Bonchev–Trinajstić information content (AvgIpc) is 3.52. The van der Waals surface area contributed by atoms with Crippen LogP contribution in [0.3, 0.4) is 0 Å². The van der Waals surface area contributed by atoms with E-state index in [9.17, 15) is 0 Å². The number of hydrogen-bond acceptors (Lipinski definition) is 3. The van der Waals surface area contributed by atoms with Gasteiger partial charge in [-0.05, 0) is 61.0 Å². The Morgan fingerprint density at radius 2 is 0.885 bits per heavy atom. The highest BCUT2D eigenvalue weighted by Crippen LogP contribution is 2.64. The SMILES string of the molecule is c1ccc(-c2cc(-c3ccccc3)nc(-c3cccc4c3-c3ccccc3C43c4ccc5ccccc5c4Sc4c3ccc3ccccc43)n2)cc1. The maximum Gasteiger partial charge on any atom is 0.161 e. The molecule has 0 fully saturated rings. The predicted molar refractivity (Wildman–Crippen MR) is 215 cm³/mol. The summed E-state index contributed by atoms with van der Waals surface area (Å²) in [5, 5.41) is 5.09. The van der Waals surface area contributed by atoms with Crippen LogP contribution in [-0.2, 0) is 5.41 Å². The third-order valence-corrected chi connectivity index (χ3v) is 12.2. The van der Waals surface area contributed by atoms with Gasteiger partial charge in [-0.15, -0.1) is 0 Å². The summed E-state index contributed by atoms with van der Waals surface area (Å²) in [6, 6.07) is 65.9. The molecule has 2 heterocycles. The summed E-state index contributed by atoms with van der Waals surface area (Å²) in [5.74, 6) is 0.728. The van der Waals surface area contributed by atoms with Gasteiger partial charge in [0.15, 0.2) is 5.82 Å². The van der Waals surface area contributed by atoms with Crippen molar-refractivity contribution in [2.75, 3.05) is 0 Å². The van der Waals surface area contributed by atoms with Gasteiger partial charge in [0, 0.05) is 26.5 Å². The zero-order valence-electron chi connectivity index (χ0n) is 28.1. The number of hydrogen-bond donors (Lipinski definition) is 0. The third kappa shape index (κ3) is 4.14. The van der Waals surface area contributed by atoms with Crippen molar-refractivity contribution < 1.29 is 0 Å². The summed E-state index contributed by atoms with van der Waals surface area (Å²) < 4.78 is 0. The highest BCUT2D eigenvalue weighted by molar-refractivity contribution is 8.00. The van der Waals surface area contributed by atoms with E-state index in [1.807, 2.05) is 11.8 Å². The number of nitrogens with zero attached hydrogens (tertiary/aromatic N) is 2. The number of benzene rings is 8. The molecule has 1 aliphatic carbocycles. The molecule has 0 saturated heterocycles. The first-order valence-corrected chi connectivity index (χ1v) is 18.6. The molecular weight excluding hydrogens is 649 g/mol. The van der Waals surface area contributed by atoms with Crippen molar-refractivity contribution in [2.24, 2.45) is 0 Å². The molecule has 1 aliphatic heterocycles. The van der Waals surface area contributed by atoms with Gasteiger partial charge in [-0.3, -0.25) is 0 Å². The molecule has 0 amide bonds. The molecule has 0 bridgehead atoms. The van der Waals surface area contributed by atoms with Crippen LogP contribution < -0.4 is 0 Å². The van der Waals surface area contributed by atoms with Gasteiger partial charge in [-0.2, -0.15) is 0 Å². The Labute approximate surface area is 306 Å². The molecule has 0 N–H and O–H groups in total. The summed E-state index contributed by atoms with van der Waals surface area (Å²) in [4.78, 5) is 13.3. The lowest BCUT2D eigenvalue weighted by Gasteiger charge is -2.40. The molecule has 0 atom stereocenters. The van der Waals surface area contributed by atoms with Gasteiger partial charge in [-0.1, -0.05) is 188 Å². The van der Waals surface area contributed by atoms with Crippen LogP contribution in [0.25, 0.3) is 66.6 Å². The Morgan fingerprint density at radius 3 is 1.50 bits per heavy atom. The van der Waals surface area contributed by atoms with Crippen LogP contribution in [0.1, 0.15) is 22.3 Å². The number of aromatic nitrogens is 2. The normalized spacial score (nSPS) is 13.5. The quantitative estimate of drug-likeness (QED) is 0.186. The van der Waals surface area contributed by atoms with E-state index in [-0.39, 0.29) is 0 Å². The van der Waals surface area contributed by atoms with Crippen molar-refractivity contribution in [3.8, 4) is 45.0 Å². The van der Waals surface area contributed by atoms with Crippen LogP contribution in [0.15, 0.2) is 192 Å². The molecule has 2 nitrogen and oxygen atoms in total. The van der Waals surface area contributed by atoms with Gasteiger partial charge >= 0.3 is 0 Å². The minimum absolute atomic E-state index is 0.536. The maximum absolute atomic E-state index is 5.34. The van der Waals surface area contributed by atoms with Gasteiger partial charge in [0.25, 0.3) is 0 Å². The summed E-state index contributed by atoms with van der Waals surface area (Å²) in [7, 11) is 0. The van der Waals surface area contributed by atoms with Crippen molar-refractivity contribution in [2.45, 2.75) is 15.2 Å². The summed E-state index contributed by atoms with van der Waals surface area (Å²) >= 11 is 1.93. The second-order valence-corrected chi connectivity index (χ2v) is 14.7. The molecule has 1 aromatic heterocycles. The molecule has 3 heteroatoms. The van der Waals surface area contributed by atoms with Crippen LogP contribution >= 0.6 is 11.8 Å². The van der Waals surface area contributed by atoms with E-state index in [2.05, 4.69) is 182 Å². The Morgan fingerprint density at radius 1 is 0.385 bits per heavy atom. The molecule has 1 spiro atoms. The van der Waals surface area contributed by atoms with E-state index in [4.69, 9.17) is 9.97 Å². The summed E-state index contributed by atoms with van der Waals surface area (Å²) in [6.07, 6.45) is 0. The van der Waals surface area contributed by atoms with E-state index in [0.29, 0.717) is 0 Å². The Balaban J connectivity index is 1.26. The molecule has 52 heavy (non-hydrogen) atoms. The fourth-order valence-electron chi connectivity index (χ4n) is 8.72. The topological polar surface area (TPSA) is 25.8 Å². The van der Waals surface area contributed by atoms with Gasteiger partial charge in [0.2, 0.25) is 0 Å². The first-order chi connectivity index (χ1) is 25.8. The molecule has 0 radical (unpaired) electrons. The van der Waals surface area contributed by atoms with E-state index in [1.165, 1.54) is 64.7 Å². The number of rotatable bonds is 3. The van der Waals surface area contributed by atoms with Gasteiger partial charge in [0.1, 0.15) is 0 Å². The molecule has 2 aliphatic rings. The standard InChI is InChI=1S/C49H30N2S/c1-3-16-33(17-4-1)43-30-44(34-18-5-2-6-19-34)51-48(50-43)38-23-13-25-40-45(38)37-22-11-12-24-39(37)49(40)41-28-26-31-14-7-9-20-35(31)46(41)52-47-36-21-10-8-15-32(36)27-29-42(47)49/h1-30H. The van der Waals surface area contributed by atoms with Crippen LogP contribution in [0.4, 0.5) is 0 Å². The van der Waals surface area contributed by atoms with Crippen molar-refractivity contribution in [3.63, 3.8) is 0 Å². The van der Waals surface area contributed by atoms with Gasteiger partial charge < -0.3 is 0 Å². The Kier molecular flexibility index (Phi) is 6.43. The Hall–Kier alpha value is -6.29. The number of fused-ring (bicyclic) bond motifs is 13. The van der Waals surface area contributed by atoms with Crippen molar-refractivity contribution in [3.05, 3.63) is 204 Å². The summed E-state index contributed by atoms with van der Waals surface area (Å²) in [6.45, 7) is 0. The lowest BCUT2D eigenvalue weighted by Crippen LogP contribution is -2.32. The van der Waals surface area contributed by atoms with E-state index >= 15 is 0 Å². The zero-order chi connectivity index (χ0) is 34.2. The first-order valence-electron chi connectivity index (χ1n) is 17.7. The predicted octanol–water partition coefficient (Wildman–Crippen LogP) is 12.6. The van der Waals surface area contributed by atoms with Crippen molar-refractivity contribution >= 4 is 33.3 Å².